The van der Waals surface area contributed by atoms with E-state index in [4.69, 9.17) is 15.2 Å². The van der Waals surface area contributed by atoms with Crippen molar-refractivity contribution in [1.82, 2.24) is 5.32 Å². The van der Waals surface area contributed by atoms with Crippen LogP contribution >= 0.6 is 0 Å². The summed E-state index contributed by atoms with van der Waals surface area (Å²) in [5.41, 5.74) is 7.46. The van der Waals surface area contributed by atoms with Crippen LogP contribution < -0.4 is 16.0 Å². The highest BCUT2D eigenvalue weighted by molar-refractivity contribution is 5.50. The molecule has 6 heteroatoms. The third-order valence-corrected chi connectivity index (χ3v) is 3.70. The van der Waals surface area contributed by atoms with E-state index in [0.29, 0.717) is 19.7 Å². The predicted octanol–water partition coefficient (Wildman–Crippen LogP) is 0.764. The number of halogens is 1. The van der Waals surface area contributed by atoms with Crippen molar-refractivity contribution in [1.29, 1.82) is 0 Å². The fourth-order valence-corrected chi connectivity index (χ4v) is 2.59. The standard InChI is InChI=1S/C14H20FN3O2/c15-13-9-19-5-4-18(13)11-3-1-2-10(6-11)14-17-8-12(7-16)20-14/h1-3,6,12-14,17H,4-5,7-9,16H2. The summed E-state index contributed by atoms with van der Waals surface area (Å²) < 4.78 is 24.8. The first kappa shape index (κ1) is 13.8. The highest BCUT2D eigenvalue weighted by Crippen LogP contribution is 2.27. The molecule has 0 saturated carbocycles. The topological polar surface area (TPSA) is 59.8 Å². The maximum absolute atomic E-state index is 13.9. The average Bonchev–Trinajstić information content (AvgIpc) is 2.97. The lowest BCUT2D eigenvalue weighted by atomic mass is 10.1. The molecule has 3 N–H and O–H groups in total. The summed E-state index contributed by atoms with van der Waals surface area (Å²) >= 11 is 0. The second-order valence-corrected chi connectivity index (χ2v) is 5.08. The predicted molar refractivity (Wildman–Crippen MR) is 74.2 cm³/mol. The Morgan fingerprint density at radius 3 is 3.10 bits per heavy atom. The van der Waals surface area contributed by atoms with Crippen molar-refractivity contribution in [2.45, 2.75) is 18.6 Å². The Kier molecular flexibility index (Phi) is 4.16. The monoisotopic (exact) mass is 281 g/mol. The van der Waals surface area contributed by atoms with Crippen LogP contribution in [0.2, 0.25) is 0 Å². The number of alkyl halides is 1. The van der Waals surface area contributed by atoms with Crippen molar-refractivity contribution in [3.63, 3.8) is 0 Å². The molecule has 2 saturated heterocycles. The van der Waals surface area contributed by atoms with Gasteiger partial charge >= 0.3 is 0 Å². The second kappa shape index (κ2) is 6.05. The zero-order valence-corrected chi connectivity index (χ0v) is 11.3. The number of nitrogens with two attached hydrogens (primary N) is 1. The van der Waals surface area contributed by atoms with Crippen LogP contribution in [-0.2, 0) is 9.47 Å². The number of benzene rings is 1. The van der Waals surface area contributed by atoms with E-state index >= 15 is 0 Å². The van der Waals surface area contributed by atoms with Gasteiger partial charge in [0.25, 0.3) is 0 Å². The number of morpholine rings is 1. The molecular weight excluding hydrogens is 261 g/mol. The van der Waals surface area contributed by atoms with Crippen LogP contribution in [0, 0.1) is 0 Å². The maximum atomic E-state index is 13.9. The van der Waals surface area contributed by atoms with Crippen molar-refractivity contribution in [2.24, 2.45) is 5.73 Å². The Morgan fingerprint density at radius 2 is 2.35 bits per heavy atom. The Balaban J connectivity index is 1.76. The quantitative estimate of drug-likeness (QED) is 0.801. The van der Waals surface area contributed by atoms with Gasteiger partial charge in [-0.15, -0.1) is 0 Å². The number of hydrogen-bond donors (Lipinski definition) is 2. The van der Waals surface area contributed by atoms with Crippen LogP contribution in [0.25, 0.3) is 0 Å². The molecule has 2 aliphatic heterocycles. The van der Waals surface area contributed by atoms with E-state index in [1.165, 1.54) is 0 Å². The van der Waals surface area contributed by atoms with E-state index in [1.54, 1.807) is 4.90 Å². The molecule has 0 radical (unpaired) electrons. The number of anilines is 1. The summed E-state index contributed by atoms with van der Waals surface area (Å²) in [5.74, 6) is 0. The van der Waals surface area contributed by atoms with Crippen molar-refractivity contribution < 1.29 is 13.9 Å². The first-order valence-electron chi connectivity index (χ1n) is 6.95. The summed E-state index contributed by atoms with van der Waals surface area (Å²) in [4.78, 5) is 1.72. The summed E-state index contributed by atoms with van der Waals surface area (Å²) in [5, 5.41) is 3.28. The van der Waals surface area contributed by atoms with E-state index in [0.717, 1.165) is 17.8 Å². The lowest BCUT2D eigenvalue weighted by Gasteiger charge is -2.32. The number of ether oxygens (including phenoxy) is 2. The fourth-order valence-electron chi connectivity index (χ4n) is 2.59. The highest BCUT2D eigenvalue weighted by Gasteiger charge is 2.27. The van der Waals surface area contributed by atoms with Gasteiger partial charge < -0.3 is 20.1 Å². The lowest BCUT2D eigenvalue weighted by molar-refractivity contribution is 0.0452. The lowest BCUT2D eigenvalue weighted by Crippen LogP contribution is -2.42. The van der Waals surface area contributed by atoms with Crippen LogP contribution in [-0.4, -0.2) is 45.2 Å². The molecule has 0 bridgehead atoms. The number of rotatable bonds is 3. The summed E-state index contributed by atoms with van der Waals surface area (Å²) in [6.45, 7) is 2.48. The molecule has 0 amide bonds. The molecule has 2 fully saturated rings. The van der Waals surface area contributed by atoms with Crippen molar-refractivity contribution >= 4 is 5.69 Å². The fraction of sp³-hybridized carbons (Fsp3) is 0.571. The zero-order valence-electron chi connectivity index (χ0n) is 11.3. The third kappa shape index (κ3) is 2.78. The number of nitrogens with zero attached hydrogens (tertiary/aromatic N) is 1. The van der Waals surface area contributed by atoms with Gasteiger partial charge in [0, 0.05) is 25.3 Å². The maximum Gasteiger partial charge on any atom is 0.196 e. The first-order chi connectivity index (χ1) is 9.78. The van der Waals surface area contributed by atoms with Crippen LogP contribution in [0.5, 0.6) is 0 Å². The van der Waals surface area contributed by atoms with Gasteiger partial charge in [-0.05, 0) is 17.7 Å². The van der Waals surface area contributed by atoms with Crippen LogP contribution in [0.4, 0.5) is 10.1 Å². The Morgan fingerprint density at radius 1 is 1.45 bits per heavy atom. The van der Waals surface area contributed by atoms with Crippen LogP contribution in [0.15, 0.2) is 24.3 Å². The molecule has 3 atom stereocenters. The van der Waals surface area contributed by atoms with Crippen molar-refractivity contribution in [2.75, 3.05) is 37.7 Å². The minimum atomic E-state index is -1.09. The third-order valence-electron chi connectivity index (χ3n) is 3.70. The molecule has 0 aromatic heterocycles. The zero-order chi connectivity index (χ0) is 13.9. The van der Waals surface area contributed by atoms with Gasteiger partial charge in [-0.25, -0.2) is 4.39 Å². The van der Waals surface area contributed by atoms with E-state index in [9.17, 15) is 4.39 Å². The van der Waals surface area contributed by atoms with E-state index < -0.39 is 6.30 Å². The van der Waals surface area contributed by atoms with E-state index in [2.05, 4.69) is 5.32 Å². The van der Waals surface area contributed by atoms with Crippen molar-refractivity contribution in [3.8, 4) is 0 Å². The molecule has 5 nitrogen and oxygen atoms in total. The molecule has 1 aromatic rings. The van der Waals surface area contributed by atoms with E-state index in [-0.39, 0.29) is 18.9 Å². The van der Waals surface area contributed by atoms with Gasteiger partial charge in [0.15, 0.2) is 6.30 Å². The molecule has 2 heterocycles. The SMILES string of the molecule is NCC1CNC(c2cccc(N3CCOCC3F)c2)O1. The van der Waals surface area contributed by atoms with Gasteiger partial charge in [0.05, 0.1) is 19.3 Å². The molecule has 0 spiro atoms. The number of hydrogen-bond acceptors (Lipinski definition) is 5. The molecule has 20 heavy (non-hydrogen) atoms. The van der Waals surface area contributed by atoms with Gasteiger partial charge in [0.1, 0.15) is 6.23 Å². The van der Waals surface area contributed by atoms with Gasteiger partial charge in [0.2, 0.25) is 0 Å². The minimum Gasteiger partial charge on any atom is -0.375 e. The second-order valence-electron chi connectivity index (χ2n) is 5.08. The molecule has 0 aliphatic carbocycles. The summed E-state index contributed by atoms with van der Waals surface area (Å²) in [7, 11) is 0. The largest absolute Gasteiger partial charge is 0.375 e. The van der Waals surface area contributed by atoms with E-state index in [1.807, 2.05) is 24.3 Å². The van der Waals surface area contributed by atoms with Gasteiger partial charge in [-0.2, -0.15) is 0 Å². The molecule has 2 aliphatic rings. The molecular formula is C14H20FN3O2. The van der Waals surface area contributed by atoms with Crippen LogP contribution in [0.1, 0.15) is 11.8 Å². The Labute approximate surface area is 117 Å². The normalized spacial score (nSPS) is 30.7. The average molecular weight is 281 g/mol. The Bertz CT molecular complexity index is 460. The molecule has 1 aromatic carbocycles. The smallest absolute Gasteiger partial charge is 0.196 e. The molecule has 3 unspecified atom stereocenters. The van der Waals surface area contributed by atoms with Gasteiger partial charge in [-0.3, -0.25) is 5.32 Å². The van der Waals surface area contributed by atoms with Crippen LogP contribution in [0.3, 0.4) is 0 Å². The highest BCUT2D eigenvalue weighted by atomic mass is 19.1. The number of nitrogens with one attached hydrogen (secondary N) is 1. The molecule has 3 rings (SSSR count). The minimum absolute atomic E-state index is 0.0426. The first-order valence-corrected chi connectivity index (χ1v) is 6.95. The summed E-state index contributed by atoms with van der Waals surface area (Å²) in [6.07, 6.45) is -1.21. The van der Waals surface area contributed by atoms with Gasteiger partial charge in [-0.1, -0.05) is 12.1 Å². The van der Waals surface area contributed by atoms with Crippen molar-refractivity contribution in [3.05, 3.63) is 29.8 Å². The molecule has 110 valence electrons. The Hall–Kier alpha value is -1.21. The summed E-state index contributed by atoms with van der Waals surface area (Å²) in [6, 6.07) is 7.78.